The van der Waals surface area contributed by atoms with Gasteiger partial charge in [0.05, 0.1) is 0 Å². The summed E-state index contributed by atoms with van der Waals surface area (Å²) in [4.78, 5) is 42.7. The number of amides is 3. The van der Waals surface area contributed by atoms with Crippen LogP contribution in [-0.4, -0.2) is 59.0 Å². The zero-order chi connectivity index (χ0) is 30.3. The quantitative estimate of drug-likeness (QED) is 0.193. The number of alkyl carbamates (subject to hydrolysis) is 1. The first-order valence-electron chi connectivity index (χ1n) is 15.0. The van der Waals surface area contributed by atoms with Gasteiger partial charge in [0.15, 0.2) is 0 Å². The number of carbonyl (C=O) groups excluding carboxylic acids is 3. The van der Waals surface area contributed by atoms with Crippen LogP contribution in [0.4, 0.5) is 4.79 Å². The highest BCUT2D eigenvalue weighted by molar-refractivity contribution is 7.98. The van der Waals surface area contributed by atoms with Gasteiger partial charge in [-0.2, -0.15) is 11.8 Å². The summed E-state index contributed by atoms with van der Waals surface area (Å²) in [5.41, 5.74) is 2.29. The smallest absolute Gasteiger partial charge is 0.408 e. The van der Waals surface area contributed by atoms with Crippen LogP contribution >= 0.6 is 11.8 Å². The molecular formula is C32H55N3O4S. The lowest BCUT2D eigenvalue weighted by Crippen LogP contribution is -2.54. The van der Waals surface area contributed by atoms with Crippen LogP contribution in [0, 0.1) is 13.8 Å². The maximum atomic E-state index is 14.3. The number of hydrogen-bond donors (Lipinski definition) is 2. The van der Waals surface area contributed by atoms with Crippen LogP contribution in [-0.2, 0) is 14.3 Å². The first-order chi connectivity index (χ1) is 18.8. The zero-order valence-corrected chi connectivity index (χ0v) is 27.3. The Labute approximate surface area is 248 Å². The molecule has 3 unspecified atom stereocenters. The largest absolute Gasteiger partial charge is 0.444 e. The molecule has 1 aromatic rings. The molecule has 0 bridgehead atoms. The Morgan fingerprint density at radius 3 is 2.20 bits per heavy atom. The van der Waals surface area contributed by atoms with E-state index in [1.54, 1.807) is 37.4 Å². The van der Waals surface area contributed by atoms with Crippen LogP contribution in [0.15, 0.2) is 18.2 Å². The Morgan fingerprint density at radius 2 is 1.62 bits per heavy atom. The number of rotatable bonds is 17. The summed E-state index contributed by atoms with van der Waals surface area (Å²) < 4.78 is 5.50. The Balaban J connectivity index is 3.52. The van der Waals surface area contributed by atoms with Gasteiger partial charge in [-0.1, -0.05) is 64.2 Å². The van der Waals surface area contributed by atoms with Gasteiger partial charge in [-0.25, -0.2) is 4.79 Å². The third-order valence-corrected chi connectivity index (χ3v) is 7.55. The SMILES string of the molecule is CCCCCCCN(C(=O)C(CCSC)NC(=O)OC(C)(C)C)C(C(=O)NC(C)CCC)c1ccc(C)c(C)c1. The summed E-state index contributed by atoms with van der Waals surface area (Å²) in [7, 11) is 0. The summed E-state index contributed by atoms with van der Waals surface area (Å²) in [6, 6.07) is 4.36. The molecule has 0 aliphatic heterocycles. The molecule has 0 radical (unpaired) electrons. The minimum Gasteiger partial charge on any atom is -0.444 e. The van der Waals surface area contributed by atoms with Crippen LogP contribution < -0.4 is 10.6 Å². The van der Waals surface area contributed by atoms with Crippen molar-refractivity contribution in [1.82, 2.24) is 15.5 Å². The zero-order valence-electron chi connectivity index (χ0n) is 26.5. The van der Waals surface area contributed by atoms with Crippen LogP contribution in [0.1, 0.15) is 116 Å². The molecular weight excluding hydrogens is 522 g/mol. The third kappa shape index (κ3) is 13.0. The van der Waals surface area contributed by atoms with Crippen molar-refractivity contribution in [2.24, 2.45) is 0 Å². The summed E-state index contributed by atoms with van der Waals surface area (Å²) in [5.74, 6) is 0.244. The molecule has 7 nitrogen and oxygen atoms in total. The van der Waals surface area contributed by atoms with E-state index in [-0.39, 0.29) is 17.9 Å². The standard InChI is InChI=1S/C32H55N3O4S/c1-10-12-13-14-15-20-35(30(37)27(19-21-40-9)34-31(38)39-32(6,7)8)28(29(36)33-25(5)16-11-2)26-18-17-23(3)24(4)22-26/h17-18,22,25,27-28H,10-16,19-21H2,1-9H3,(H,33,36)(H,34,38). The number of thioether (sulfide) groups is 1. The van der Waals surface area contributed by atoms with E-state index in [9.17, 15) is 14.4 Å². The third-order valence-electron chi connectivity index (χ3n) is 6.90. The fourth-order valence-electron chi connectivity index (χ4n) is 4.63. The molecule has 3 atom stereocenters. The average molecular weight is 578 g/mol. The van der Waals surface area contributed by atoms with E-state index in [0.29, 0.717) is 18.7 Å². The molecule has 0 saturated heterocycles. The molecule has 8 heteroatoms. The molecule has 3 amide bonds. The van der Waals surface area contributed by atoms with Gasteiger partial charge in [-0.3, -0.25) is 9.59 Å². The predicted octanol–water partition coefficient (Wildman–Crippen LogP) is 7.09. The summed E-state index contributed by atoms with van der Waals surface area (Å²) >= 11 is 1.61. The second-order valence-electron chi connectivity index (χ2n) is 11.9. The average Bonchev–Trinajstić information content (AvgIpc) is 2.86. The van der Waals surface area contributed by atoms with Crippen molar-refractivity contribution in [2.45, 2.75) is 130 Å². The fourth-order valence-corrected chi connectivity index (χ4v) is 5.10. The number of aryl methyl sites for hydroxylation is 2. The number of unbranched alkanes of at least 4 members (excludes halogenated alkanes) is 4. The van der Waals surface area contributed by atoms with Gasteiger partial charge < -0.3 is 20.3 Å². The predicted molar refractivity (Wildman–Crippen MR) is 168 cm³/mol. The molecule has 0 spiro atoms. The van der Waals surface area contributed by atoms with E-state index in [0.717, 1.165) is 61.6 Å². The van der Waals surface area contributed by atoms with Crippen molar-refractivity contribution < 1.29 is 19.1 Å². The van der Waals surface area contributed by atoms with E-state index in [2.05, 4.69) is 24.5 Å². The van der Waals surface area contributed by atoms with E-state index < -0.39 is 23.8 Å². The lowest BCUT2D eigenvalue weighted by atomic mass is 9.97. The van der Waals surface area contributed by atoms with E-state index >= 15 is 0 Å². The summed E-state index contributed by atoms with van der Waals surface area (Å²) in [6.45, 7) is 16.2. The number of nitrogens with zero attached hydrogens (tertiary/aromatic N) is 1. The second kappa shape index (κ2) is 18.3. The van der Waals surface area contributed by atoms with Gasteiger partial charge in [-0.15, -0.1) is 0 Å². The highest BCUT2D eigenvalue weighted by Gasteiger charge is 2.36. The van der Waals surface area contributed by atoms with Gasteiger partial charge >= 0.3 is 6.09 Å². The molecule has 1 aromatic carbocycles. The van der Waals surface area contributed by atoms with Crippen molar-refractivity contribution in [3.8, 4) is 0 Å². The Bertz CT molecular complexity index is 931. The number of ether oxygens (including phenoxy) is 1. The van der Waals surface area contributed by atoms with E-state index in [4.69, 9.17) is 4.74 Å². The second-order valence-corrected chi connectivity index (χ2v) is 12.9. The summed E-state index contributed by atoms with van der Waals surface area (Å²) in [5, 5.41) is 5.99. The molecule has 2 N–H and O–H groups in total. The highest BCUT2D eigenvalue weighted by atomic mass is 32.2. The normalized spacial score (nSPS) is 13.7. The monoisotopic (exact) mass is 577 g/mol. The topological polar surface area (TPSA) is 87.7 Å². The summed E-state index contributed by atoms with van der Waals surface area (Å²) in [6.07, 6.45) is 8.70. The number of hydrogen-bond acceptors (Lipinski definition) is 5. The molecule has 0 fully saturated rings. The number of nitrogens with one attached hydrogen (secondary N) is 2. The van der Waals surface area contributed by atoms with Gasteiger partial charge in [0.2, 0.25) is 11.8 Å². The Kier molecular flexibility index (Phi) is 16.3. The molecule has 0 aliphatic carbocycles. The lowest BCUT2D eigenvalue weighted by Gasteiger charge is -2.35. The first-order valence-corrected chi connectivity index (χ1v) is 16.4. The van der Waals surface area contributed by atoms with Crippen molar-refractivity contribution in [3.63, 3.8) is 0 Å². The Morgan fingerprint density at radius 1 is 0.950 bits per heavy atom. The first kappa shape index (κ1) is 35.8. The van der Waals surface area contributed by atoms with Crippen molar-refractivity contribution in [2.75, 3.05) is 18.6 Å². The molecule has 228 valence electrons. The highest BCUT2D eigenvalue weighted by Crippen LogP contribution is 2.26. The molecule has 40 heavy (non-hydrogen) atoms. The molecule has 0 saturated carbocycles. The minimum absolute atomic E-state index is 0.0137. The van der Waals surface area contributed by atoms with Crippen molar-refractivity contribution in [3.05, 3.63) is 34.9 Å². The molecule has 1 rings (SSSR count). The van der Waals surface area contributed by atoms with Gasteiger partial charge in [0.1, 0.15) is 17.7 Å². The number of benzene rings is 1. The number of carbonyl (C=O) groups is 3. The van der Waals surface area contributed by atoms with Crippen LogP contribution in [0.25, 0.3) is 0 Å². The molecule has 0 aliphatic rings. The lowest BCUT2D eigenvalue weighted by molar-refractivity contribution is -0.143. The van der Waals surface area contributed by atoms with Gasteiger partial charge in [0.25, 0.3) is 0 Å². The van der Waals surface area contributed by atoms with Crippen LogP contribution in [0.3, 0.4) is 0 Å². The maximum Gasteiger partial charge on any atom is 0.408 e. The van der Waals surface area contributed by atoms with E-state index in [1.165, 1.54) is 0 Å². The van der Waals surface area contributed by atoms with Gasteiger partial charge in [0, 0.05) is 12.6 Å². The molecule has 0 heterocycles. The van der Waals surface area contributed by atoms with Crippen LogP contribution in [0.2, 0.25) is 0 Å². The maximum absolute atomic E-state index is 14.3. The fraction of sp³-hybridized carbons (Fsp3) is 0.719. The van der Waals surface area contributed by atoms with Crippen molar-refractivity contribution >= 4 is 29.7 Å². The van der Waals surface area contributed by atoms with Crippen molar-refractivity contribution in [1.29, 1.82) is 0 Å². The van der Waals surface area contributed by atoms with Gasteiger partial charge in [-0.05, 0) is 89.5 Å². The molecule has 0 aromatic heterocycles. The van der Waals surface area contributed by atoms with E-state index in [1.807, 2.05) is 45.2 Å². The van der Waals surface area contributed by atoms with Crippen LogP contribution in [0.5, 0.6) is 0 Å². The Hall–Kier alpha value is -2.22. The minimum atomic E-state index is -0.798.